The quantitative estimate of drug-likeness (QED) is 0.874. The van der Waals surface area contributed by atoms with Crippen LogP contribution >= 0.6 is 0 Å². The van der Waals surface area contributed by atoms with E-state index in [2.05, 4.69) is 5.32 Å². The molecule has 1 aromatic rings. The third-order valence-electron chi connectivity index (χ3n) is 3.89. The molecule has 1 aliphatic carbocycles. The van der Waals surface area contributed by atoms with E-state index in [1.54, 1.807) is 7.11 Å². The van der Waals surface area contributed by atoms with E-state index in [1.165, 1.54) is 0 Å². The average molecular weight is 306 g/mol. The molecule has 0 saturated heterocycles. The predicted molar refractivity (Wildman–Crippen MR) is 87.4 cm³/mol. The molecule has 0 aliphatic heterocycles. The molecule has 1 aliphatic rings. The molecule has 1 amide bonds. The number of benzene rings is 1. The standard InChI is InChI=1S/C17H26N2O3/c1-16(2,3)22-15(20)19-12-5-6-14(21-4)13(11-12)17(7-8-17)9-10-18/h5-6,11H,7-10,18H2,1-4H3,(H,19,20). The fourth-order valence-electron chi connectivity index (χ4n) is 2.70. The number of methoxy groups -OCH3 is 1. The van der Waals surface area contributed by atoms with Crippen LogP contribution in [-0.2, 0) is 10.2 Å². The fraction of sp³-hybridized carbons (Fsp3) is 0.588. The second-order valence-corrected chi connectivity index (χ2v) is 6.86. The Morgan fingerprint density at radius 1 is 1.36 bits per heavy atom. The number of rotatable bonds is 5. The maximum Gasteiger partial charge on any atom is 0.412 e. The van der Waals surface area contributed by atoms with Crippen molar-refractivity contribution in [1.82, 2.24) is 0 Å². The lowest BCUT2D eigenvalue weighted by atomic mass is 9.91. The molecule has 0 aromatic heterocycles. The van der Waals surface area contributed by atoms with Crippen LogP contribution in [0.3, 0.4) is 0 Å². The predicted octanol–water partition coefficient (Wildman–Crippen LogP) is 3.42. The molecule has 122 valence electrons. The Kier molecular flexibility index (Phi) is 4.66. The van der Waals surface area contributed by atoms with E-state index in [0.717, 1.165) is 30.6 Å². The minimum absolute atomic E-state index is 0.103. The van der Waals surface area contributed by atoms with E-state index in [1.807, 2.05) is 39.0 Å². The maximum atomic E-state index is 11.9. The van der Waals surface area contributed by atoms with Crippen LogP contribution in [-0.4, -0.2) is 25.3 Å². The first-order chi connectivity index (χ1) is 10.3. The van der Waals surface area contributed by atoms with Crippen molar-refractivity contribution in [2.24, 2.45) is 5.73 Å². The first kappa shape index (κ1) is 16.6. The number of hydrogen-bond donors (Lipinski definition) is 2. The van der Waals surface area contributed by atoms with Crippen LogP contribution in [0.2, 0.25) is 0 Å². The highest BCUT2D eigenvalue weighted by atomic mass is 16.6. The van der Waals surface area contributed by atoms with E-state index < -0.39 is 11.7 Å². The Labute approximate surface area is 132 Å². The van der Waals surface area contributed by atoms with Gasteiger partial charge >= 0.3 is 6.09 Å². The molecule has 0 bridgehead atoms. The van der Waals surface area contributed by atoms with Crippen LogP contribution < -0.4 is 15.8 Å². The third-order valence-corrected chi connectivity index (χ3v) is 3.89. The summed E-state index contributed by atoms with van der Waals surface area (Å²) < 4.78 is 10.8. The first-order valence-electron chi connectivity index (χ1n) is 7.68. The highest BCUT2D eigenvalue weighted by Crippen LogP contribution is 2.54. The van der Waals surface area contributed by atoms with Gasteiger partial charge in [0.25, 0.3) is 0 Å². The molecule has 22 heavy (non-hydrogen) atoms. The van der Waals surface area contributed by atoms with E-state index in [0.29, 0.717) is 12.2 Å². The topological polar surface area (TPSA) is 73.6 Å². The molecular weight excluding hydrogens is 280 g/mol. The van der Waals surface area contributed by atoms with Crippen molar-refractivity contribution in [1.29, 1.82) is 0 Å². The van der Waals surface area contributed by atoms with Gasteiger partial charge in [-0.15, -0.1) is 0 Å². The zero-order valence-corrected chi connectivity index (χ0v) is 13.9. The normalized spacial score (nSPS) is 16.0. The maximum absolute atomic E-state index is 11.9. The van der Waals surface area contributed by atoms with Gasteiger partial charge in [0.1, 0.15) is 11.4 Å². The number of carbonyl (C=O) groups excluding carboxylic acids is 1. The SMILES string of the molecule is COc1ccc(NC(=O)OC(C)(C)C)cc1C1(CCN)CC1. The summed E-state index contributed by atoms with van der Waals surface area (Å²) >= 11 is 0. The van der Waals surface area contributed by atoms with Gasteiger partial charge in [-0.2, -0.15) is 0 Å². The second-order valence-electron chi connectivity index (χ2n) is 6.86. The summed E-state index contributed by atoms with van der Waals surface area (Å²) in [5.74, 6) is 0.848. The molecule has 5 heteroatoms. The molecule has 5 nitrogen and oxygen atoms in total. The Hall–Kier alpha value is -1.75. The summed E-state index contributed by atoms with van der Waals surface area (Å²) in [4.78, 5) is 11.9. The summed E-state index contributed by atoms with van der Waals surface area (Å²) in [7, 11) is 1.67. The van der Waals surface area contributed by atoms with Crippen molar-refractivity contribution in [2.45, 2.75) is 51.0 Å². The van der Waals surface area contributed by atoms with Crippen LogP contribution in [0.4, 0.5) is 10.5 Å². The summed E-state index contributed by atoms with van der Waals surface area (Å²) in [6, 6.07) is 5.69. The number of hydrogen-bond acceptors (Lipinski definition) is 4. The van der Waals surface area contributed by atoms with Gasteiger partial charge in [0.2, 0.25) is 0 Å². The Morgan fingerprint density at radius 3 is 2.55 bits per heavy atom. The van der Waals surface area contributed by atoms with Crippen LogP contribution in [0.1, 0.15) is 45.6 Å². The molecule has 3 N–H and O–H groups in total. The molecule has 1 saturated carbocycles. The molecule has 0 heterocycles. The van der Waals surface area contributed by atoms with E-state index in [9.17, 15) is 4.79 Å². The summed E-state index contributed by atoms with van der Waals surface area (Å²) in [6.45, 7) is 6.16. The molecule has 0 radical (unpaired) electrons. The van der Waals surface area contributed by atoms with Gasteiger partial charge in [0.15, 0.2) is 0 Å². The van der Waals surface area contributed by atoms with Crippen molar-refractivity contribution in [3.8, 4) is 5.75 Å². The number of ether oxygens (including phenoxy) is 2. The average Bonchev–Trinajstić information content (AvgIpc) is 3.17. The molecule has 0 spiro atoms. The van der Waals surface area contributed by atoms with Crippen LogP contribution in [0, 0.1) is 0 Å². The molecule has 1 aromatic carbocycles. The van der Waals surface area contributed by atoms with E-state index in [-0.39, 0.29) is 5.41 Å². The van der Waals surface area contributed by atoms with Crippen LogP contribution in [0.5, 0.6) is 5.75 Å². The molecule has 2 rings (SSSR count). The number of nitrogens with two attached hydrogens (primary N) is 1. The summed E-state index contributed by atoms with van der Waals surface area (Å²) in [5.41, 5.74) is 7.16. The largest absolute Gasteiger partial charge is 0.496 e. The number of anilines is 1. The lowest BCUT2D eigenvalue weighted by molar-refractivity contribution is 0.0636. The molecular formula is C17H26N2O3. The zero-order valence-electron chi connectivity index (χ0n) is 13.9. The zero-order chi connectivity index (χ0) is 16.4. The van der Waals surface area contributed by atoms with Crippen molar-refractivity contribution in [3.05, 3.63) is 23.8 Å². The molecule has 0 atom stereocenters. The van der Waals surface area contributed by atoms with Gasteiger partial charge in [-0.3, -0.25) is 5.32 Å². The highest BCUT2D eigenvalue weighted by Gasteiger charge is 2.45. The number of amides is 1. The van der Waals surface area contributed by atoms with Crippen molar-refractivity contribution < 1.29 is 14.3 Å². The van der Waals surface area contributed by atoms with Crippen molar-refractivity contribution in [3.63, 3.8) is 0 Å². The van der Waals surface area contributed by atoms with Gasteiger partial charge in [-0.25, -0.2) is 4.79 Å². The van der Waals surface area contributed by atoms with Gasteiger partial charge in [0, 0.05) is 16.7 Å². The summed E-state index contributed by atoms with van der Waals surface area (Å²) in [6.07, 6.45) is 2.69. The van der Waals surface area contributed by atoms with Crippen LogP contribution in [0.15, 0.2) is 18.2 Å². The minimum Gasteiger partial charge on any atom is -0.496 e. The highest BCUT2D eigenvalue weighted by molar-refractivity contribution is 5.85. The van der Waals surface area contributed by atoms with Gasteiger partial charge in [0.05, 0.1) is 7.11 Å². The molecule has 1 fully saturated rings. The minimum atomic E-state index is -0.517. The number of carbonyl (C=O) groups is 1. The van der Waals surface area contributed by atoms with E-state index in [4.69, 9.17) is 15.2 Å². The summed E-state index contributed by atoms with van der Waals surface area (Å²) in [5, 5.41) is 2.78. The monoisotopic (exact) mass is 306 g/mol. The Balaban J connectivity index is 2.19. The second kappa shape index (κ2) is 6.16. The van der Waals surface area contributed by atoms with Gasteiger partial charge in [-0.05, 0) is 64.8 Å². The first-order valence-corrected chi connectivity index (χ1v) is 7.68. The van der Waals surface area contributed by atoms with Crippen LogP contribution in [0.25, 0.3) is 0 Å². The van der Waals surface area contributed by atoms with E-state index >= 15 is 0 Å². The fourth-order valence-corrected chi connectivity index (χ4v) is 2.70. The lowest BCUT2D eigenvalue weighted by Crippen LogP contribution is -2.27. The molecule has 0 unspecified atom stereocenters. The van der Waals surface area contributed by atoms with Gasteiger partial charge < -0.3 is 15.2 Å². The van der Waals surface area contributed by atoms with Crippen molar-refractivity contribution >= 4 is 11.8 Å². The third kappa shape index (κ3) is 3.91. The van der Waals surface area contributed by atoms with Gasteiger partial charge in [-0.1, -0.05) is 0 Å². The lowest BCUT2D eigenvalue weighted by Gasteiger charge is -2.21. The Morgan fingerprint density at radius 2 is 2.05 bits per heavy atom. The number of nitrogens with one attached hydrogen (secondary N) is 1. The Bertz CT molecular complexity index is 545. The van der Waals surface area contributed by atoms with Crippen molar-refractivity contribution in [2.75, 3.05) is 19.0 Å². The smallest absolute Gasteiger partial charge is 0.412 e.